The van der Waals surface area contributed by atoms with E-state index in [1.807, 2.05) is 18.7 Å². The monoisotopic (exact) mass is 183 g/mol. The van der Waals surface area contributed by atoms with E-state index in [4.69, 9.17) is 9.26 Å². The van der Waals surface area contributed by atoms with E-state index in [2.05, 4.69) is 10.1 Å². The van der Waals surface area contributed by atoms with Gasteiger partial charge in [-0.25, -0.2) is 0 Å². The molecule has 0 N–H and O–H groups in total. The zero-order valence-corrected chi connectivity index (χ0v) is 7.86. The molecule has 1 fully saturated rings. The lowest BCUT2D eigenvalue weighted by Gasteiger charge is -2.29. The summed E-state index contributed by atoms with van der Waals surface area (Å²) in [5.41, 5.74) is 0. The Bertz CT molecular complexity index is 287. The van der Waals surface area contributed by atoms with Crippen LogP contribution in [0.15, 0.2) is 4.52 Å². The highest BCUT2D eigenvalue weighted by molar-refractivity contribution is 5.25. The second-order valence-electron chi connectivity index (χ2n) is 3.25. The number of hydrogen-bond donors (Lipinski definition) is 0. The Labute approximate surface area is 76.7 Å². The average molecular weight is 183 g/mol. The molecule has 72 valence electrons. The molecule has 5 nitrogen and oxygen atoms in total. The Kier molecular flexibility index (Phi) is 2.18. The maximum atomic E-state index is 5.40. The molecule has 0 aliphatic carbocycles. The van der Waals surface area contributed by atoms with E-state index in [1.165, 1.54) is 0 Å². The lowest BCUT2D eigenvalue weighted by molar-refractivity contribution is 0.0509. The van der Waals surface area contributed by atoms with E-state index in [0.29, 0.717) is 11.8 Å². The molecule has 1 atom stereocenters. The number of anilines is 1. The molecule has 1 aromatic rings. The van der Waals surface area contributed by atoms with E-state index in [9.17, 15) is 0 Å². The number of nitrogens with zero attached hydrogens (tertiary/aromatic N) is 3. The van der Waals surface area contributed by atoms with Crippen molar-refractivity contribution in [1.29, 1.82) is 0 Å². The van der Waals surface area contributed by atoms with Crippen LogP contribution in [0.5, 0.6) is 0 Å². The van der Waals surface area contributed by atoms with Crippen molar-refractivity contribution in [1.82, 2.24) is 10.1 Å². The maximum Gasteiger partial charge on any atom is 0.324 e. The van der Waals surface area contributed by atoms with Crippen LogP contribution >= 0.6 is 0 Å². The third-order valence-corrected chi connectivity index (χ3v) is 2.03. The predicted octanol–water partition coefficient (Wildman–Crippen LogP) is 0.603. The minimum absolute atomic E-state index is 0.237. The van der Waals surface area contributed by atoms with Crippen LogP contribution in [0.4, 0.5) is 6.01 Å². The SMILES string of the molecule is Cc1noc(N2CCOC(C)C2)n1. The molecule has 1 aliphatic rings. The summed E-state index contributed by atoms with van der Waals surface area (Å²) in [5, 5.41) is 3.75. The van der Waals surface area contributed by atoms with Gasteiger partial charge in [-0.2, -0.15) is 4.98 Å². The molecular formula is C8H13N3O2. The van der Waals surface area contributed by atoms with Crippen molar-refractivity contribution >= 4 is 6.01 Å². The van der Waals surface area contributed by atoms with E-state index in [-0.39, 0.29) is 6.10 Å². The Hall–Kier alpha value is -1.10. The van der Waals surface area contributed by atoms with Gasteiger partial charge in [-0.3, -0.25) is 0 Å². The summed E-state index contributed by atoms with van der Waals surface area (Å²) < 4.78 is 10.5. The predicted molar refractivity (Wildman–Crippen MR) is 46.7 cm³/mol. The van der Waals surface area contributed by atoms with Crippen LogP contribution in [0.2, 0.25) is 0 Å². The number of morpholine rings is 1. The van der Waals surface area contributed by atoms with Gasteiger partial charge < -0.3 is 14.2 Å². The molecular weight excluding hydrogens is 170 g/mol. The van der Waals surface area contributed by atoms with Gasteiger partial charge in [-0.05, 0) is 13.8 Å². The Balaban J connectivity index is 2.08. The summed E-state index contributed by atoms with van der Waals surface area (Å²) in [7, 11) is 0. The number of ether oxygens (including phenoxy) is 1. The van der Waals surface area contributed by atoms with Crippen LogP contribution < -0.4 is 4.90 Å². The molecule has 0 spiro atoms. The molecule has 1 unspecified atom stereocenters. The van der Waals surface area contributed by atoms with Gasteiger partial charge >= 0.3 is 6.01 Å². The quantitative estimate of drug-likeness (QED) is 0.638. The smallest absolute Gasteiger partial charge is 0.324 e. The van der Waals surface area contributed by atoms with Gasteiger partial charge in [0, 0.05) is 13.1 Å². The van der Waals surface area contributed by atoms with Gasteiger partial charge in [-0.1, -0.05) is 5.16 Å². The topological polar surface area (TPSA) is 51.4 Å². The molecule has 0 radical (unpaired) electrons. The number of aromatic nitrogens is 2. The third kappa shape index (κ3) is 1.80. The van der Waals surface area contributed by atoms with Gasteiger partial charge in [0.15, 0.2) is 5.82 Å². The molecule has 0 amide bonds. The van der Waals surface area contributed by atoms with Crippen LogP contribution in [0.1, 0.15) is 12.7 Å². The van der Waals surface area contributed by atoms with Gasteiger partial charge in [0.25, 0.3) is 0 Å². The minimum Gasteiger partial charge on any atom is -0.375 e. The fourth-order valence-electron chi connectivity index (χ4n) is 1.41. The summed E-state index contributed by atoms with van der Waals surface area (Å²) in [4.78, 5) is 6.21. The van der Waals surface area contributed by atoms with Crippen molar-refractivity contribution in [2.45, 2.75) is 20.0 Å². The lowest BCUT2D eigenvalue weighted by atomic mass is 10.3. The molecule has 1 aliphatic heterocycles. The summed E-state index contributed by atoms with van der Waals surface area (Å²) in [6.07, 6.45) is 0.237. The lowest BCUT2D eigenvalue weighted by Crippen LogP contribution is -2.41. The van der Waals surface area contributed by atoms with Crippen LogP contribution in [-0.2, 0) is 4.74 Å². The van der Waals surface area contributed by atoms with E-state index < -0.39 is 0 Å². The maximum absolute atomic E-state index is 5.40. The highest BCUT2D eigenvalue weighted by atomic mass is 16.5. The number of aryl methyl sites for hydroxylation is 1. The zero-order valence-electron chi connectivity index (χ0n) is 7.86. The van der Waals surface area contributed by atoms with E-state index >= 15 is 0 Å². The molecule has 0 aromatic carbocycles. The largest absolute Gasteiger partial charge is 0.375 e. The van der Waals surface area contributed by atoms with Crippen molar-refractivity contribution in [3.8, 4) is 0 Å². The highest BCUT2D eigenvalue weighted by Crippen LogP contribution is 2.14. The number of rotatable bonds is 1. The van der Waals surface area contributed by atoms with Crippen molar-refractivity contribution < 1.29 is 9.26 Å². The Morgan fingerprint density at radius 2 is 2.38 bits per heavy atom. The molecule has 2 heterocycles. The second-order valence-corrected chi connectivity index (χ2v) is 3.25. The molecule has 1 aromatic heterocycles. The van der Waals surface area contributed by atoms with Crippen LogP contribution in [0, 0.1) is 6.92 Å². The molecule has 0 bridgehead atoms. The van der Waals surface area contributed by atoms with Gasteiger partial charge in [0.2, 0.25) is 0 Å². The fraction of sp³-hybridized carbons (Fsp3) is 0.750. The van der Waals surface area contributed by atoms with Gasteiger partial charge in [-0.15, -0.1) is 0 Å². The number of hydrogen-bond acceptors (Lipinski definition) is 5. The summed E-state index contributed by atoms with van der Waals surface area (Å²) in [6, 6.07) is 0.604. The summed E-state index contributed by atoms with van der Waals surface area (Å²) >= 11 is 0. The molecule has 1 saturated heterocycles. The van der Waals surface area contributed by atoms with Crippen molar-refractivity contribution in [2.75, 3.05) is 24.6 Å². The molecule has 2 rings (SSSR count). The third-order valence-electron chi connectivity index (χ3n) is 2.03. The molecule has 5 heteroatoms. The fourth-order valence-corrected chi connectivity index (χ4v) is 1.41. The molecule has 13 heavy (non-hydrogen) atoms. The summed E-state index contributed by atoms with van der Waals surface area (Å²) in [5.74, 6) is 0.675. The minimum atomic E-state index is 0.237. The first kappa shape index (κ1) is 8.50. The first-order valence-corrected chi connectivity index (χ1v) is 4.42. The van der Waals surface area contributed by atoms with Crippen LogP contribution in [0.3, 0.4) is 0 Å². The Morgan fingerprint density at radius 3 is 3.00 bits per heavy atom. The van der Waals surface area contributed by atoms with Crippen LogP contribution in [-0.4, -0.2) is 35.9 Å². The van der Waals surface area contributed by atoms with Gasteiger partial charge in [0.1, 0.15) is 0 Å². The van der Waals surface area contributed by atoms with E-state index in [0.717, 1.165) is 19.7 Å². The standard InChI is InChI=1S/C8H13N3O2/c1-6-5-11(3-4-12-6)8-9-7(2)10-13-8/h6H,3-5H2,1-2H3. The second kappa shape index (κ2) is 3.33. The highest BCUT2D eigenvalue weighted by Gasteiger charge is 2.20. The average Bonchev–Trinajstić information content (AvgIpc) is 2.52. The van der Waals surface area contributed by atoms with E-state index in [1.54, 1.807) is 0 Å². The first-order chi connectivity index (χ1) is 6.25. The normalized spacial score (nSPS) is 23.5. The Morgan fingerprint density at radius 1 is 1.54 bits per heavy atom. The first-order valence-electron chi connectivity index (χ1n) is 4.42. The summed E-state index contributed by atoms with van der Waals surface area (Å²) in [6.45, 7) is 6.22. The van der Waals surface area contributed by atoms with Crippen molar-refractivity contribution in [3.63, 3.8) is 0 Å². The zero-order chi connectivity index (χ0) is 9.26. The van der Waals surface area contributed by atoms with Crippen LogP contribution in [0.25, 0.3) is 0 Å². The van der Waals surface area contributed by atoms with Gasteiger partial charge in [0.05, 0.1) is 12.7 Å². The molecule has 0 saturated carbocycles. The van der Waals surface area contributed by atoms with Crippen molar-refractivity contribution in [3.05, 3.63) is 5.82 Å². The van der Waals surface area contributed by atoms with Crippen molar-refractivity contribution in [2.24, 2.45) is 0 Å².